The lowest BCUT2D eigenvalue weighted by Crippen LogP contribution is -2.32. The Morgan fingerprint density at radius 3 is 2.12 bits per heavy atom. The average molecular weight is 246 g/mol. The summed E-state index contributed by atoms with van der Waals surface area (Å²) in [5.41, 5.74) is 0. The summed E-state index contributed by atoms with van der Waals surface area (Å²) in [7, 11) is 0. The van der Waals surface area contributed by atoms with Gasteiger partial charge in [-0.1, -0.05) is 41.0 Å². The van der Waals surface area contributed by atoms with E-state index in [1.807, 2.05) is 27.7 Å². The Kier molecular flexibility index (Phi) is 7.64. The van der Waals surface area contributed by atoms with Crippen molar-refractivity contribution in [3.8, 4) is 0 Å². The van der Waals surface area contributed by atoms with Gasteiger partial charge < -0.3 is 10.2 Å². The van der Waals surface area contributed by atoms with E-state index in [1.54, 1.807) is 13.0 Å². The molecule has 0 aliphatic carbocycles. The van der Waals surface area contributed by atoms with Gasteiger partial charge in [0.2, 0.25) is 0 Å². The van der Waals surface area contributed by atoms with Crippen molar-refractivity contribution in [2.75, 3.05) is 0 Å². The number of aliphatic hydroxyl groups excluding tert-OH is 2. The molecule has 0 aromatic rings. The van der Waals surface area contributed by atoms with E-state index in [1.165, 1.54) is 0 Å². The first kappa shape index (κ1) is 16.6. The third-order valence-electron chi connectivity index (χ3n) is 3.40. The second kappa shape index (κ2) is 7.83. The van der Waals surface area contributed by atoms with Crippen LogP contribution in [0.1, 0.15) is 47.5 Å². The largest absolute Gasteiger partial charge is 0.390 e. The number of hydrogen-bond donors (Lipinski definition) is 2. The number of allylic oxidation sites excluding steroid dienone is 1. The highest BCUT2D eigenvalue weighted by atomic mass is 19.1. The predicted molar refractivity (Wildman–Crippen MR) is 69.3 cm³/mol. The second-order valence-electron chi connectivity index (χ2n) is 5.29. The van der Waals surface area contributed by atoms with Crippen LogP contribution in [-0.4, -0.2) is 22.4 Å². The van der Waals surface area contributed by atoms with Crippen molar-refractivity contribution < 1.29 is 14.6 Å². The third-order valence-corrected chi connectivity index (χ3v) is 3.40. The molecule has 0 amide bonds. The van der Waals surface area contributed by atoms with Crippen LogP contribution in [0.15, 0.2) is 11.9 Å². The molecule has 0 aliphatic rings. The molecule has 0 fully saturated rings. The average Bonchev–Trinajstić information content (AvgIpc) is 2.26. The summed E-state index contributed by atoms with van der Waals surface area (Å²) in [4.78, 5) is 0. The van der Waals surface area contributed by atoms with E-state index < -0.39 is 18.1 Å². The summed E-state index contributed by atoms with van der Waals surface area (Å²) < 4.78 is 13.8. The Bertz CT molecular complexity index is 238. The van der Waals surface area contributed by atoms with Crippen LogP contribution >= 0.6 is 0 Å². The van der Waals surface area contributed by atoms with E-state index in [9.17, 15) is 14.6 Å². The molecule has 0 saturated heterocycles. The van der Waals surface area contributed by atoms with Crippen molar-refractivity contribution in [2.24, 2.45) is 17.8 Å². The molecule has 2 nitrogen and oxygen atoms in total. The molecule has 0 aromatic heterocycles. The monoisotopic (exact) mass is 246 g/mol. The molecule has 0 saturated carbocycles. The number of rotatable bonds is 7. The van der Waals surface area contributed by atoms with Crippen LogP contribution < -0.4 is 0 Å². The van der Waals surface area contributed by atoms with E-state index in [4.69, 9.17) is 0 Å². The van der Waals surface area contributed by atoms with Crippen LogP contribution in [-0.2, 0) is 0 Å². The highest BCUT2D eigenvalue weighted by Crippen LogP contribution is 2.24. The maximum Gasteiger partial charge on any atom is 0.102 e. The maximum atomic E-state index is 13.8. The van der Waals surface area contributed by atoms with E-state index in [0.717, 1.165) is 6.42 Å². The molecule has 0 heterocycles. The Hall–Kier alpha value is -0.410. The standard InChI is InChI=1S/C14H27FO2/c1-6-7-13(16)14(17)11(5)12(15)8-10(4)9(2)3/h8-11,13-14,16-17H,6-7H2,1-5H3/b12-8+/t10-,11-,13+,14-/m1/s1. The number of aliphatic hydroxyl groups is 2. The summed E-state index contributed by atoms with van der Waals surface area (Å²) >= 11 is 0. The zero-order valence-corrected chi connectivity index (χ0v) is 11.7. The van der Waals surface area contributed by atoms with Gasteiger partial charge in [0, 0.05) is 5.92 Å². The van der Waals surface area contributed by atoms with Crippen LogP contribution in [0.4, 0.5) is 4.39 Å². The zero-order valence-electron chi connectivity index (χ0n) is 11.7. The predicted octanol–water partition coefficient (Wildman–Crippen LogP) is 3.29. The normalized spacial score (nSPS) is 20.2. The topological polar surface area (TPSA) is 40.5 Å². The molecule has 17 heavy (non-hydrogen) atoms. The van der Waals surface area contributed by atoms with Crippen LogP contribution in [0.25, 0.3) is 0 Å². The lowest BCUT2D eigenvalue weighted by Gasteiger charge is -2.23. The lowest BCUT2D eigenvalue weighted by atomic mass is 9.91. The van der Waals surface area contributed by atoms with Gasteiger partial charge in [0.1, 0.15) is 5.83 Å². The quantitative estimate of drug-likeness (QED) is 0.723. The summed E-state index contributed by atoms with van der Waals surface area (Å²) in [6.45, 7) is 9.55. The first-order valence-corrected chi connectivity index (χ1v) is 6.54. The molecule has 0 bridgehead atoms. The Morgan fingerprint density at radius 2 is 1.71 bits per heavy atom. The molecule has 2 N–H and O–H groups in total. The second-order valence-corrected chi connectivity index (χ2v) is 5.29. The minimum Gasteiger partial charge on any atom is -0.390 e. The molecule has 0 spiro atoms. The summed E-state index contributed by atoms with van der Waals surface area (Å²) in [5.74, 6) is -0.467. The SMILES string of the molecule is CCC[C@H](O)[C@H](O)[C@H](C)/C(F)=C\[C@@H](C)C(C)C. The molecule has 3 heteroatoms. The zero-order chi connectivity index (χ0) is 13.6. The molecule has 0 aliphatic heterocycles. The smallest absolute Gasteiger partial charge is 0.102 e. The highest BCUT2D eigenvalue weighted by molar-refractivity contribution is 5.02. The summed E-state index contributed by atoms with van der Waals surface area (Å²) in [6.07, 6.45) is 0.961. The van der Waals surface area contributed by atoms with Crippen molar-refractivity contribution in [3.05, 3.63) is 11.9 Å². The molecule has 4 atom stereocenters. The molecule has 0 aromatic carbocycles. The van der Waals surface area contributed by atoms with Gasteiger partial charge >= 0.3 is 0 Å². The van der Waals surface area contributed by atoms with Gasteiger partial charge in [0.25, 0.3) is 0 Å². The van der Waals surface area contributed by atoms with Gasteiger partial charge in [-0.2, -0.15) is 0 Å². The minimum atomic E-state index is -1.02. The van der Waals surface area contributed by atoms with Crippen LogP contribution in [0.3, 0.4) is 0 Å². The molecular formula is C14H27FO2. The number of halogens is 1. The fourth-order valence-electron chi connectivity index (χ4n) is 1.56. The van der Waals surface area contributed by atoms with Crippen LogP contribution in [0.5, 0.6) is 0 Å². The van der Waals surface area contributed by atoms with Crippen molar-refractivity contribution in [2.45, 2.75) is 59.7 Å². The van der Waals surface area contributed by atoms with Crippen LogP contribution in [0, 0.1) is 17.8 Å². The first-order chi connectivity index (χ1) is 7.81. The van der Waals surface area contributed by atoms with E-state index in [2.05, 4.69) is 0 Å². The molecule has 0 unspecified atom stereocenters. The molecule has 0 radical (unpaired) electrons. The Balaban J connectivity index is 4.52. The fourth-order valence-corrected chi connectivity index (χ4v) is 1.56. The maximum absolute atomic E-state index is 13.8. The van der Waals surface area contributed by atoms with E-state index in [-0.39, 0.29) is 11.7 Å². The molecular weight excluding hydrogens is 219 g/mol. The van der Waals surface area contributed by atoms with Crippen molar-refractivity contribution in [1.29, 1.82) is 0 Å². The molecule has 102 valence electrons. The lowest BCUT2D eigenvalue weighted by molar-refractivity contribution is -0.0130. The first-order valence-electron chi connectivity index (χ1n) is 6.54. The van der Waals surface area contributed by atoms with Crippen molar-refractivity contribution in [1.82, 2.24) is 0 Å². The summed E-state index contributed by atoms with van der Waals surface area (Å²) in [6, 6.07) is 0. The van der Waals surface area contributed by atoms with Crippen molar-refractivity contribution in [3.63, 3.8) is 0 Å². The highest BCUT2D eigenvalue weighted by Gasteiger charge is 2.25. The van der Waals surface area contributed by atoms with Gasteiger partial charge in [-0.25, -0.2) is 4.39 Å². The third kappa shape index (κ3) is 5.64. The van der Waals surface area contributed by atoms with Crippen LogP contribution in [0.2, 0.25) is 0 Å². The van der Waals surface area contributed by atoms with Gasteiger partial charge in [-0.3, -0.25) is 0 Å². The van der Waals surface area contributed by atoms with Gasteiger partial charge in [-0.05, 0) is 24.3 Å². The Labute approximate surface area is 105 Å². The van der Waals surface area contributed by atoms with E-state index >= 15 is 0 Å². The van der Waals surface area contributed by atoms with Crippen molar-refractivity contribution >= 4 is 0 Å². The Morgan fingerprint density at radius 1 is 1.18 bits per heavy atom. The fraction of sp³-hybridized carbons (Fsp3) is 0.857. The van der Waals surface area contributed by atoms with E-state index in [0.29, 0.717) is 12.3 Å². The van der Waals surface area contributed by atoms with Gasteiger partial charge in [0.05, 0.1) is 12.2 Å². The minimum absolute atomic E-state index is 0.132. The summed E-state index contributed by atoms with van der Waals surface area (Å²) in [5, 5.41) is 19.4. The number of hydrogen-bond acceptors (Lipinski definition) is 2. The van der Waals surface area contributed by atoms with Gasteiger partial charge in [0.15, 0.2) is 0 Å². The van der Waals surface area contributed by atoms with Gasteiger partial charge in [-0.15, -0.1) is 0 Å². The molecule has 0 rings (SSSR count).